The fourth-order valence-corrected chi connectivity index (χ4v) is 2.68. The Morgan fingerprint density at radius 1 is 1.29 bits per heavy atom. The minimum atomic E-state index is -0.240. The van der Waals surface area contributed by atoms with Crippen molar-refractivity contribution < 1.29 is 4.74 Å². The van der Waals surface area contributed by atoms with Gasteiger partial charge in [-0.3, -0.25) is 0 Å². The first kappa shape index (κ1) is 12.6. The highest BCUT2D eigenvalue weighted by Crippen LogP contribution is 2.32. The zero-order valence-corrected chi connectivity index (χ0v) is 10.9. The van der Waals surface area contributed by atoms with Crippen molar-refractivity contribution >= 4 is 0 Å². The van der Waals surface area contributed by atoms with Crippen LogP contribution in [0.15, 0.2) is 30.3 Å². The molecule has 0 radical (unpaired) electrons. The molecule has 0 bridgehead atoms. The summed E-state index contributed by atoms with van der Waals surface area (Å²) in [5, 5.41) is 0. The van der Waals surface area contributed by atoms with Gasteiger partial charge in [0, 0.05) is 5.54 Å². The van der Waals surface area contributed by atoms with Gasteiger partial charge in [-0.05, 0) is 38.2 Å². The van der Waals surface area contributed by atoms with Crippen molar-refractivity contribution in [1.29, 1.82) is 0 Å². The maximum Gasteiger partial charge on any atom is 0.0600 e. The normalized spacial score (nSPS) is 27.9. The third-order valence-electron chi connectivity index (χ3n) is 3.89. The smallest absolute Gasteiger partial charge is 0.0600 e. The van der Waals surface area contributed by atoms with Crippen molar-refractivity contribution in [3.05, 3.63) is 35.9 Å². The van der Waals surface area contributed by atoms with Crippen LogP contribution >= 0.6 is 0 Å². The summed E-state index contributed by atoms with van der Waals surface area (Å²) in [7, 11) is 0. The molecule has 0 amide bonds. The molecule has 2 rings (SSSR count). The number of rotatable bonds is 4. The van der Waals surface area contributed by atoms with Crippen LogP contribution in [0.1, 0.15) is 45.1 Å². The number of hydrogen-bond acceptors (Lipinski definition) is 2. The molecule has 2 N–H and O–H groups in total. The van der Waals surface area contributed by atoms with E-state index in [0.717, 1.165) is 19.3 Å². The predicted molar refractivity (Wildman–Crippen MR) is 70.8 cm³/mol. The summed E-state index contributed by atoms with van der Waals surface area (Å²) < 4.78 is 5.90. The quantitative estimate of drug-likeness (QED) is 0.866. The molecule has 1 saturated heterocycles. The third kappa shape index (κ3) is 2.88. The van der Waals surface area contributed by atoms with Gasteiger partial charge in [0.05, 0.1) is 12.2 Å². The molecule has 17 heavy (non-hydrogen) atoms. The molecule has 1 aromatic carbocycles. The molecule has 3 atom stereocenters. The van der Waals surface area contributed by atoms with E-state index in [1.165, 1.54) is 12.0 Å². The Kier molecular flexibility index (Phi) is 3.85. The lowest BCUT2D eigenvalue weighted by Gasteiger charge is -2.31. The minimum Gasteiger partial charge on any atom is -0.375 e. The largest absolute Gasteiger partial charge is 0.375 e. The summed E-state index contributed by atoms with van der Waals surface area (Å²) >= 11 is 0. The molecule has 1 aliphatic heterocycles. The Balaban J connectivity index is 2.09. The first-order chi connectivity index (χ1) is 8.14. The zero-order chi connectivity index (χ0) is 12.3. The topological polar surface area (TPSA) is 35.2 Å². The highest BCUT2D eigenvalue weighted by Gasteiger charge is 2.32. The second-order valence-electron chi connectivity index (χ2n) is 5.23. The first-order valence-electron chi connectivity index (χ1n) is 6.64. The number of ether oxygens (including phenoxy) is 1. The van der Waals surface area contributed by atoms with Gasteiger partial charge in [0.2, 0.25) is 0 Å². The molecule has 3 unspecified atom stereocenters. The van der Waals surface area contributed by atoms with Crippen molar-refractivity contribution in [3.8, 4) is 0 Å². The SMILES string of the molecule is CCC(N)(CC1CCC(C)O1)c1ccccc1. The maximum atomic E-state index is 6.56. The highest BCUT2D eigenvalue weighted by molar-refractivity contribution is 5.24. The van der Waals surface area contributed by atoms with E-state index in [-0.39, 0.29) is 5.54 Å². The van der Waals surface area contributed by atoms with E-state index in [4.69, 9.17) is 10.5 Å². The van der Waals surface area contributed by atoms with Crippen LogP contribution in [0.5, 0.6) is 0 Å². The van der Waals surface area contributed by atoms with E-state index >= 15 is 0 Å². The van der Waals surface area contributed by atoms with Crippen molar-refractivity contribution in [1.82, 2.24) is 0 Å². The van der Waals surface area contributed by atoms with E-state index < -0.39 is 0 Å². The molecule has 2 nitrogen and oxygen atoms in total. The lowest BCUT2D eigenvalue weighted by atomic mass is 9.83. The third-order valence-corrected chi connectivity index (χ3v) is 3.89. The molecule has 94 valence electrons. The van der Waals surface area contributed by atoms with Crippen molar-refractivity contribution in [3.63, 3.8) is 0 Å². The van der Waals surface area contributed by atoms with Gasteiger partial charge < -0.3 is 10.5 Å². The van der Waals surface area contributed by atoms with Crippen LogP contribution in [0.4, 0.5) is 0 Å². The number of benzene rings is 1. The Hall–Kier alpha value is -0.860. The van der Waals surface area contributed by atoms with Crippen molar-refractivity contribution in [2.24, 2.45) is 5.73 Å². The Labute approximate surface area is 104 Å². The molecule has 1 fully saturated rings. The first-order valence-corrected chi connectivity index (χ1v) is 6.64. The summed E-state index contributed by atoms with van der Waals surface area (Å²) in [5.41, 5.74) is 7.55. The van der Waals surface area contributed by atoms with Crippen LogP contribution in [0.3, 0.4) is 0 Å². The van der Waals surface area contributed by atoms with Gasteiger partial charge in [-0.25, -0.2) is 0 Å². The van der Waals surface area contributed by atoms with Crippen molar-refractivity contribution in [2.45, 2.75) is 57.3 Å². The molecule has 0 spiro atoms. The monoisotopic (exact) mass is 233 g/mol. The van der Waals surface area contributed by atoms with E-state index in [1.54, 1.807) is 0 Å². The highest BCUT2D eigenvalue weighted by atomic mass is 16.5. The minimum absolute atomic E-state index is 0.240. The fraction of sp³-hybridized carbons (Fsp3) is 0.600. The summed E-state index contributed by atoms with van der Waals surface area (Å²) in [6.07, 6.45) is 4.92. The van der Waals surface area contributed by atoms with Gasteiger partial charge in [0.15, 0.2) is 0 Å². The van der Waals surface area contributed by atoms with Gasteiger partial charge >= 0.3 is 0 Å². The van der Waals surface area contributed by atoms with Gasteiger partial charge in [0.25, 0.3) is 0 Å². The molecule has 2 heteroatoms. The second-order valence-corrected chi connectivity index (χ2v) is 5.23. The molecular weight excluding hydrogens is 210 g/mol. The molecule has 1 aromatic rings. The molecule has 0 saturated carbocycles. The van der Waals surface area contributed by atoms with Crippen LogP contribution in [0, 0.1) is 0 Å². The standard InChI is InChI=1S/C15H23NO/c1-3-15(16,13-7-5-4-6-8-13)11-14-10-9-12(2)17-14/h4-8,12,14H,3,9-11,16H2,1-2H3. The summed E-state index contributed by atoms with van der Waals surface area (Å²) in [5.74, 6) is 0. The molecular formula is C15H23NO. The zero-order valence-electron chi connectivity index (χ0n) is 10.9. The Morgan fingerprint density at radius 3 is 2.53 bits per heavy atom. The van der Waals surface area contributed by atoms with Gasteiger partial charge in [-0.2, -0.15) is 0 Å². The van der Waals surface area contributed by atoms with E-state index in [0.29, 0.717) is 12.2 Å². The Morgan fingerprint density at radius 2 is 2.00 bits per heavy atom. The van der Waals surface area contributed by atoms with Crippen molar-refractivity contribution in [2.75, 3.05) is 0 Å². The molecule has 0 aromatic heterocycles. The van der Waals surface area contributed by atoms with Crippen LogP contribution in [0.2, 0.25) is 0 Å². The van der Waals surface area contributed by atoms with Gasteiger partial charge in [-0.15, -0.1) is 0 Å². The lowest BCUT2D eigenvalue weighted by Crippen LogP contribution is -2.39. The van der Waals surface area contributed by atoms with Crippen LogP contribution in [0.25, 0.3) is 0 Å². The van der Waals surface area contributed by atoms with Crippen LogP contribution in [-0.4, -0.2) is 12.2 Å². The summed E-state index contributed by atoms with van der Waals surface area (Å²) in [6.45, 7) is 4.30. The van der Waals surface area contributed by atoms with Crippen LogP contribution < -0.4 is 5.73 Å². The van der Waals surface area contributed by atoms with Gasteiger partial charge in [0.1, 0.15) is 0 Å². The van der Waals surface area contributed by atoms with Gasteiger partial charge in [-0.1, -0.05) is 37.3 Å². The van der Waals surface area contributed by atoms with Crippen LogP contribution in [-0.2, 0) is 10.3 Å². The molecule has 0 aliphatic carbocycles. The fourth-order valence-electron chi connectivity index (χ4n) is 2.68. The summed E-state index contributed by atoms with van der Waals surface area (Å²) in [4.78, 5) is 0. The maximum absolute atomic E-state index is 6.56. The number of hydrogen-bond donors (Lipinski definition) is 1. The average molecular weight is 233 g/mol. The molecule has 1 heterocycles. The average Bonchev–Trinajstić information content (AvgIpc) is 2.75. The second kappa shape index (κ2) is 5.19. The lowest BCUT2D eigenvalue weighted by molar-refractivity contribution is 0.0355. The summed E-state index contributed by atoms with van der Waals surface area (Å²) in [6, 6.07) is 10.4. The van der Waals surface area contributed by atoms with E-state index in [1.807, 2.05) is 6.07 Å². The van der Waals surface area contributed by atoms with E-state index in [2.05, 4.69) is 38.1 Å². The predicted octanol–water partition coefficient (Wildman–Crippen LogP) is 3.21. The Bertz CT molecular complexity index is 351. The number of nitrogens with two attached hydrogens (primary N) is 1. The molecule has 1 aliphatic rings. The van der Waals surface area contributed by atoms with E-state index in [9.17, 15) is 0 Å².